The van der Waals surface area contributed by atoms with Crippen molar-refractivity contribution in [3.8, 4) is 17.2 Å². The summed E-state index contributed by atoms with van der Waals surface area (Å²) < 4.78 is 23.8. The van der Waals surface area contributed by atoms with Crippen molar-refractivity contribution in [2.45, 2.75) is 26.4 Å². The lowest BCUT2D eigenvalue weighted by Gasteiger charge is -2.15. The summed E-state index contributed by atoms with van der Waals surface area (Å²) in [5.41, 5.74) is 1.05. The Balaban J connectivity index is 1.84. The van der Waals surface area contributed by atoms with E-state index in [1.807, 2.05) is 26.0 Å². The Labute approximate surface area is 165 Å². The van der Waals surface area contributed by atoms with Crippen molar-refractivity contribution >= 4 is 5.96 Å². The number of phenolic OH excluding ortho intramolecular Hbond substituents is 1. The van der Waals surface area contributed by atoms with Crippen LogP contribution in [-0.4, -0.2) is 43.9 Å². The maximum atomic E-state index is 13.0. The van der Waals surface area contributed by atoms with E-state index in [1.54, 1.807) is 18.2 Å². The molecule has 2 aromatic carbocycles. The molecule has 0 aliphatic carbocycles. The number of benzene rings is 2. The molecule has 0 saturated heterocycles. The number of halogens is 1. The molecule has 0 fully saturated rings. The van der Waals surface area contributed by atoms with Crippen LogP contribution in [0, 0.1) is 5.82 Å². The topological polar surface area (TPSA) is 75.1 Å². The van der Waals surface area contributed by atoms with Gasteiger partial charge in [-0.2, -0.15) is 0 Å². The summed E-state index contributed by atoms with van der Waals surface area (Å²) in [6.45, 7) is 5.79. The van der Waals surface area contributed by atoms with Crippen LogP contribution in [0.15, 0.2) is 47.5 Å². The Morgan fingerprint density at radius 1 is 1.18 bits per heavy atom. The number of hydrogen-bond acceptors (Lipinski definition) is 4. The first-order valence-corrected chi connectivity index (χ1v) is 9.32. The van der Waals surface area contributed by atoms with Gasteiger partial charge in [-0.1, -0.05) is 6.07 Å². The minimum Gasteiger partial charge on any atom is -0.504 e. The lowest BCUT2D eigenvalue weighted by atomic mass is 10.1. The molecular formula is C21H28FN3O3. The Morgan fingerprint density at radius 2 is 1.93 bits per heavy atom. The maximum absolute atomic E-state index is 13.0. The first-order chi connectivity index (χ1) is 13.5. The molecule has 0 radical (unpaired) electrons. The van der Waals surface area contributed by atoms with Gasteiger partial charge in [-0.05, 0) is 62.2 Å². The number of nitrogens with one attached hydrogen (secondary N) is 2. The van der Waals surface area contributed by atoms with Crippen LogP contribution in [0.25, 0.3) is 0 Å². The molecule has 152 valence electrons. The summed E-state index contributed by atoms with van der Waals surface area (Å²) in [6, 6.07) is 11.3. The number of ether oxygens (including phenoxy) is 2. The summed E-state index contributed by atoms with van der Waals surface area (Å²) in [6.07, 6.45) is 0.602. The molecular weight excluding hydrogens is 361 g/mol. The molecule has 0 aliphatic rings. The second kappa shape index (κ2) is 11.0. The zero-order valence-electron chi connectivity index (χ0n) is 16.5. The van der Waals surface area contributed by atoms with E-state index in [9.17, 15) is 9.50 Å². The minimum absolute atomic E-state index is 0.129. The van der Waals surface area contributed by atoms with Gasteiger partial charge >= 0.3 is 0 Å². The molecule has 3 N–H and O–H groups in total. The van der Waals surface area contributed by atoms with E-state index in [0.29, 0.717) is 30.5 Å². The first kappa shape index (κ1) is 21.3. The normalized spacial score (nSPS) is 12.4. The van der Waals surface area contributed by atoms with Crippen LogP contribution in [0.3, 0.4) is 0 Å². The molecule has 1 unspecified atom stereocenters. The van der Waals surface area contributed by atoms with Crippen LogP contribution in [0.5, 0.6) is 17.2 Å². The fourth-order valence-electron chi connectivity index (χ4n) is 2.55. The number of rotatable bonds is 9. The number of phenols is 1. The van der Waals surface area contributed by atoms with Gasteiger partial charge in [0, 0.05) is 13.1 Å². The number of guanidine groups is 1. The Bertz CT molecular complexity index is 766. The van der Waals surface area contributed by atoms with Crippen molar-refractivity contribution in [2.24, 2.45) is 4.99 Å². The molecule has 28 heavy (non-hydrogen) atoms. The third-order valence-corrected chi connectivity index (χ3v) is 3.95. The lowest BCUT2D eigenvalue weighted by molar-refractivity contribution is 0.230. The third-order valence-electron chi connectivity index (χ3n) is 3.95. The number of aromatic hydroxyl groups is 1. The van der Waals surface area contributed by atoms with Gasteiger partial charge in [0.2, 0.25) is 0 Å². The summed E-state index contributed by atoms with van der Waals surface area (Å²) in [5.74, 6) is 1.61. The highest BCUT2D eigenvalue weighted by Crippen LogP contribution is 2.26. The summed E-state index contributed by atoms with van der Waals surface area (Å²) in [7, 11) is 1.53. The van der Waals surface area contributed by atoms with Gasteiger partial charge in [0.15, 0.2) is 17.5 Å². The summed E-state index contributed by atoms with van der Waals surface area (Å²) in [5, 5.41) is 16.1. The van der Waals surface area contributed by atoms with Crippen molar-refractivity contribution in [3.05, 3.63) is 53.8 Å². The average Bonchev–Trinajstić information content (AvgIpc) is 2.69. The number of methoxy groups -OCH3 is 1. The molecule has 0 aromatic heterocycles. The fraction of sp³-hybridized carbons (Fsp3) is 0.381. The lowest BCUT2D eigenvalue weighted by Crippen LogP contribution is -2.39. The summed E-state index contributed by atoms with van der Waals surface area (Å²) >= 11 is 0. The highest BCUT2D eigenvalue weighted by molar-refractivity contribution is 5.79. The molecule has 6 nitrogen and oxygen atoms in total. The van der Waals surface area contributed by atoms with E-state index in [-0.39, 0.29) is 17.7 Å². The molecule has 2 rings (SSSR count). The van der Waals surface area contributed by atoms with Crippen LogP contribution in [0.2, 0.25) is 0 Å². The van der Waals surface area contributed by atoms with E-state index in [2.05, 4.69) is 15.6 Å². The largest absolute Gasteiger partial charge is 0.504 e. The average molecular weight is 389 g/mol. The van der Waals surface area contributed by atoms with Crippen LogP contribution in [-0.2, 0) is 6.42 Å². The van der Waals surface area contributed by atoms with Crippen LogP contribution in [0.4, 0.5) is 4.39 Å². The van der Waals surface area contributed by atoms with E-state index in [1.165, 1.54) is 19.2 Å². The smallest absolute Gasteiger partial charge is 0.191 e. The van der Waals surface area contributed by atoms with Crippen LogP contribution in [0.1, 0.15) is 19.4 Å². The molecule has 2 aromatic rings. The standard InChI is InChI=1S/C21H28FN3O3/c1-4-23-21(24-12-11-16-5-10-19(26)20(13-16)27-3)25-14-15(2)28-18-8-6-17(22)7-9-18/h5-10,13,15,26H,4,11-12,14H2,1-3H3,(H2,23,24,25). The first-order valence-electron chi connectivity index (χ1n) is 9.32. The van der Waals surface area contributed by atoms with Gasteiger partial charge in [0.25, 0.3) is 0 Å². The van der Waals surface area contributed by atoms with Crippen molar-refractivity contribution in [1.82, 2.24) is 10.6 Å². The Kier molecular flexibility index (Phi) is 8.39. The second-order valence-corrected chi connectivity index (χ2v) is 6.28. The van der Waals surface area contributed by atoms with Crippen LogP contribution >= 0.6 is 0 Å². The number of hydrogen-bond donors (Lipinski definition) is 3. The zero-order valence-corrected chi connectivity index (χ0v) is 16.5. The van der Waals surface area contributed by atoms with Gasteiger partial charge in [-0.15, -0.1) is 0 Å². The predicted molar refractivity (Wildman–Crippen MR) is 109 cm³/mol. The molecule has 0 amide bonds. The van der Waals surface area contributed by atoms with E-state index in [0.717, 1.165) is 18.5 Å². The van der Waals surface area contributed by atoms with Gasteiger partial charge in [0.05, 0.1) is 13.7 Å². The zero-order chi connectivity index (χ0) is 20.4. The SMILES string of the molecule is CCNC(=NCC(C)Oc1ccc(F)cc1)NCCc1ccc(O)c(OC)c1. The van der Waals surface area contributed by atoms with Crippen molar-refractivity contribution in [3.63, 3.8) is 0 Å². The summed E-state index contributed by atoms with van der Waals surface area (Å²) in [4.78, 5) is 4.54. The predicted octanol–water partition coefficient (Wildman–Crippen LogP) is 3.11. The third kappa shape index (κ3) is 6.98. The molecule has 1 atom stereocenters. The van der Waals surface area contributed by atoms with Gasteiger partial charge in [0.1, 0.15) is 17.7 Å². The number of aliphatic imine (C=N–C) groups is 1. The van der Waals surface area contributed by atoms with E-state index >= 15 is 0 Å². The molecule has 0 heterocycles. The highest BCUT2D eigenvalue weighted by atomic mass is 19.1. The van der Waals surface area contributed by atoms with Crippen LogP contribution < -0.4 is 20.1 Å². The molecule has 0 aliphatic heterocycles. The number of nitrogens with zero attached hydrogens (tertiary/aromatic N) is 1. The van der Waals surface area contributed by atoms with Crippen molar-refractivity contribution in [2.75, 3.05) is 26.7 Å². The van der Waals surface area contributed by atoms with E-state index < -0.39 is 0 Å². The molecule has 0 spiro atoms. The fourth-order valence-corrected chi connectivity index (χ4v) is 2.55. The molecule has 7 heteroatoms. The van der Waals surface area contributed by atoms with Gasteiger partial charge in [-0.25, -0.2) is 9.38 Å². The Morgan fingerprint density at radius 3 is 2.61 bits per heavy atom. The Hall–Kier alpha value is -2.96. The van der Waals surface area contributed by atoms with E-state index in [4.69, 9.17) is 9.47 Å². The minimum atomic E-state index is -0.289. The van der Waals surface area contributed by atoms with Gasteiger partial charge in [-0.3, -0.25) is 0 Å². The van der Waals surface area contributed by atoms with Gasteiger partial charge < -0.3 is 25.2 Å². The quantitative estimate of drug-likeness (QED) is 0.454. The molecule has 0 saturated carbocycles. The highest BCUT2D eigenvalue weighted by Gasteiger charge is 2.06. The maximum Gasteiger partial charge on any atom is 0.191 e. The van der Waals surface area contributed by atoms with Crippen molar-refractivity contribution in [1.29, 1.82) is 0 Å². The molecule has 0 bridgehead atoms. The van der Waals surface area contributed by atoms with Crippen molar-refractivity contribution < 1.29 is 19.0 Å². The second-order valence-electron chi connectivity index (χ2n) is 6.28. The monoisotopic (exact) mass is 389 g/mol.